The molecule has 0 spiro atoms. The second kappa shape index (κ2) is 13.5. The molecule has 0 radical (unpaired) electrons. The highest BCUT2D eigenvalue weighted by atomic mass is 16.5. The van der Waals surface area contributed by atoms with E-state index in [0.29, 0.717) is 48.6 Å². The quantitative estimate of drug-likeness (QED) is 0.175. The third-order valence-corrected chi connectivity index (χ3v) is 9.04. The predicted molar refractivity (Wildman–Crippen MR) is 179 cm³/mol. The Morgan fingerprint density at radius 3 is 1.09 bits per heavy atom. The van der Waals surface area contributed by atoms with Crippen LogP contribution in [-0.4, -0.2) is 24.9 Å². The molecule has 4 aromatic carbocycles. The zero-order chi connectivity index (χ0) is 32.0. The second-order valence-electron chi connectivity index (χ2n) is 12.0. The number of nitrogens with one attached hydrogen (secondary N) is 2. The lowest BCUT2D eigenvalue weighted by Gasteiger charge is -2.31. The Hall–Kier alpha value is -5.10. The van der Waals surface area contributed by atoms with Gasteiger partial charge in [-0.25, -0.2) is 0 Å². The molecule has 2 N–H and O–H groups in total. The third-order valence-electron chi connectivity index (χ3n) is 9.04. The minimum Gasteiger partial charge on any atom is -0.482 e. The van der Waals surface area contributed by atoms with Crippen molar-refractivity contribution in [2.75, 3.05) is 13.1 Å². The number of rotatable bonds is 11. The van der Waals surface area contributed by atoms with Crippen molar-refractivity contribution < 1.29 is 19.1 Å². The number of carbonyl (C=O) groups excluding carboxylic acids is 2. The van der Waals surface area contributed by atoms with E-state index in [-0.39, 0.29) is 11.8 Å². The number of benzene rings is 4. The fourth-order valence-electron chi connectivity index (χ4n) is 6.62. The summed E-state index contributed by atoms with van der Waals surface area (Å²) in [6.45, 7) is 4.74. The van der Waals surface area contributed by atoms with Crippen molar-refractivity contribution in [3.05, 3.63) is 166 Å². The maximum atomic E-state index is 13.3. The van der Waals surface area contributed by atoms with E-state index in [4.69, 9.17) is 9.47 Å². The highest BCUT2D eigenvalue weighted by Crippen LogP contribution is 2.48. The van der Waals surface area contributed by atoms with Gasteiger partial charge in [0.25, 0.3) is 11.8 Å². The summed E-state index contributed by atoms with van der Waals surface area (Å²) in [4.78, 5) is 26.6. The van der Waals surface area contributed by atoms with E-state index in [1.54, 1.807) is 0 Å². The molecular weight excluding hydrogens is 572 g/mol. The average molecular weight is 613 g/mol. The Kier molecular flexibility index (Phi) is 9.06. The summed E-state index contributed by atoms with van der Waals surface area (Å²) in [5, 5.41) is 6.15. The number of amides is 2. The lowest BCUT2D eigenvalue weighted by molar-refractivity contribution is -0.118. The van der Waals surface area contributed by atoms with Gasteiger partial charge in [-0.1, -0.05) is 121 Å². The van der Waals surface area contributed by atoms with Gasteiger partial charge < -0.3 is 20.1 Å². The van der Waals surface area contributed by atoms with Crippen LogP contribution in [0.1, 0.15) is 61.8 Å². The Balaban J connectivity index is 1.01. The Labute approximate surface area is 271 Å². The van der Waals surface area contributed by atoms with Crippen molar-refractivity contribution in [1.82, 2.24) is 10.6 Å². The Morgan fingerprint density at radius 1 is 0.522 bits per heavy atom. The van der Waals surface area contributed by atoms with Gasteiger partial charge in [-0.2, -0.15) is 0 Å². The maximum Gasteiger partial charge on any atom is 0.250 e. The summed E-state index contributed by atoms with van der Waals surface area (Å²) in [5.41, 5.74) is 3.90. The molecule has 0 bridgehead atoms. The van der Waals surface area contributed by atoms with Crippen molar-refractivity contribution >= 4 is 11.8 Å². The Morgan fingerprint density at radius 2 is 0.804 bits per heavy atom. The van der Waals surface area contributed by atoms with Gasteiger partial charge in [-0.15, -0.1) is 0 Å². The zero-order valence-corrected chi connectivity index (χ0v) is 26.4. The average Bonchev–Trinajstić information content (AvgIpc) is 3.66. The van der Waals surface area contributed by atoms with Crippen molar-refractivity contribution in [3.8, 4) is 0 Å². The highest BCUT2D eigenvalue weighted by Gasteiger charge is 2.45. The van der Waals surface area contributed by atoms with E-state index in [1.807, 2.05) is 135 Å². The van der Waals surface area contributed by atoms with Gasteiger partial charge in [0.2, 0.25) is 0 Å². The topological polar surface area (TPSA) is 76.7 Å². The second-order valence-corrected chi connectivity index (χ2v) is 12.0. The van der Waals surface area contributed by atoms with Crippen LogP contribution in [0, 0.1) is 0 Å². The standard InChI is InChI=1S/C40H40N2O4/c1-29-35(27-39(45-29,31-17-7-3-8-18-31)32-19-9-4-10-20-32)37(43)41-25-15-16-26-42-38(44)36-28-40(46-30(36)2,33-21-11-5-12-22-33)34-23-13-6-14-24-34/h3-14,17-24H,15-16,25-28H2,1-2H3,(H,41,43)(H,42,44). The molecule has 2 aliphatic rings. The molecule has 6 rings (SSSR count). The summed E-state index contributed by atoms with van der Waals surface area (Å²) >= 11 is 0. The first-order valence-corrected chi connectivity index (χ1v) is 16.0. The molecule has 0 aliphatic carbocycles. The van der Waals surface area contributed by atoms with Crippen LogP contribution in [0.15, 0.2) is 144 Å². The van der Waals surface area contributed by atoms with Crippen LogP contribution < -0.4 is 10.6 Å². The minimum atomic E-state index is -0.737. The molecule has 0 fully saturated rings. The van der Waals surface area contributed by atoms with Crippen molar-refractivity contribution in [1.29, 1.82) is 0 Å². The van der Waals surface area contributed by atoms with Crippen LogP contribution in [0.3, 0.4) is 0 Å². The molecule has 46 heavy (non-hydrogen) atoms. The van der Waals surface area contributed by atoms with E-state index >= 15 is 0 Å². The van der Waals surface area contributed by atoms with Crippen molar-refractivity contribution in [2.45, 2.75) is 50.7 Å². The molecule has 2 amide bonds. The van der Waals surface area contributed by atoms with Gasteiger partial charge in [0.1, 0.15) is 11.5 Å². The molecule has 234 valence electrons. The minimum absolute atomic E-state index is 0.114. The highest BCUT2D eigenvalue weighted by molar-refractivity contribution is 5.95. The van der Waals surface area contributed by atoms with Crippen LogP contribution in [0.25, 0.3) is 0 Å². The molecule has 0 unspecified atom stereocenters. The predicted octanol–water partition coefficient (Wildman–Crippen LogP) is 7.28. The molecule has 6 heteroatoms. The lowest BCUT2D eigenvalue weighted by Crippen LogP contribution is -2.31. The van der Waals surface area contributed by atoms with Gasteiger partial charge >= 0.3 is 0 Å². The number of carbonyl (C=O) groups is 2. The summed E-state index contributed by atoms with van der Waals surface area (Å²) in [6, 6.07) is 40.3. The van der Waals surface area contributed by atoms with Gasteiger partial charge in [0.15, 0.2) is 11.2 Å². The first kappa shape index (κ1) is 30.9. The van der Waals surface area contributed by atoms with Crippen molar-refractivity contribution in [3.63, 3.8) is 0 Å². The molecule has 4 aromatic rings. The van der Waals surface area contributed by atoms with E-state index in [1.165, 1.54) is 0 Å². The van der Waals surface area contributed by atoms with Gasteiger partial charge in [-0.05, 0) is 26.7 Å². The van der Waals surface area contributed by atoms with Gasteiger partial charge in [-0.3, -0.25) is 9.59 Å². The third kappa shape index (κ3) is 6.08. The molecular formula is C40H40N2O4. The van der Waals surface area contributed by atoms with E-state index < -0.39 is 11.2 Å². The molecule has 2 aliphatic heterocycles. The zero-order valence-electron chi connectivity index (χ0n) is 26.4. The summed E-state index contributed by atoms with van der Waals surface area (Å²) < 4.78 is 13.0. The molecule has 6 nitrogen and oxygen atoms in total. The number of hydrogen-bond acceptors (Lipinski definition) is 4. The van der Waals surface area contributed by atoms with E-state index in [2.05, 4.69) is 10.6 Å². The summed E-state index contributed by atoms with van der Waals surface area (Å²) in [6.07, 6.45) is 2.37. The fourth-order valence-corrected chi connectivity index (χ4v) is 6.62. The summed E-state index contributed by atoms with van der Waals surface area (Å²) in [7, 11) is 0. The van der Waals surface area contributed by atoms with Gasteiger partial charge in [0.05, 0.1) is 11.1 Å². The van der Waals surface area contributed by atoms with Crippen LogP contribution >= 0.6 is 0 Å². The van der Waals surface area contributed by atoms with E-state index in [9.17, 15) is 9.59 Å². The van der Waals surface area contributed by atoms with Crippen molar-refractivity contribution in [2.24, 2.45) is 0 Å². The normalized spacial score (nSPS) is 16.5. The first-order valence-electron chi connectivity index (χ1n) is 16.0. The van der Waals surface area contributed by atoms with Crippen LogP contribution in [0.4, 0.5) is 0 Å². The Bertz CT molecular complexity index is 1520. The number of unbranched alkanes of at least 4 members (excludes halogenated alkanes) is 1. The van der Waals surface area contributed by atoms with E-state index in [0.717, 1.165) is 35.1 Å². The largest absolute Gasteiger partial charge is 0.482 e. The molecule has 0 atom stereocenters. The maximum absolute atomic E-state index is 13.3. The van der Waals surface area contributed by atoms with Crippen LogP contribution in [0.2, 0.25) is 0 Å². The molecule has 0 saturated carbocycles. The van der Waals surface area contributed by atoms with Crippen LogP contribution in [-0.2, 0) is 30.3 Å². The SMILES string of the molecule is CC1=C(C(=O)NCCCCNC(=O)C2=C(C)OC(c3ccccc3)(c3ccccc3)C2)CC(c2ccccc2)(c2ccccc2)O1. The van der Waals surface area contributed by atoms with Crippen LogP contribution in [0.5, 0.6) is 0 Å². The monoisotopic (exact) mass is 612 g/mol. The summed E-state index contributed by atoms with van der Waals surface area (Å²) in [5.74, 6) is 1.05. The first-order chi connectivity index (χ1) is 22.4. The number of hydrogen-bond donors (Lipinski definition) is 2. The number of ether oxygens (including phenoxy) is 2. The smallest absolute Gasteiger partial charge is 0.250 e. The molecule has 0 aromatic heterocycles. The molecule has 0 saturated heterocycles. The van der Waals surface area contributed by atoms with Gasteiger partial charge in [0, 0.05) is 48.2 Å². The number of allylic oxidation sites excluding steroid dienone is 2. The lowest BCUT2D eigenvalue weighted by atomic mass is 9.82. The molecule has 2 heterocycles. The fraction of sp³-hybridized carbons (Fsp3) is 0.250.